The second kappa shape index (κ2) is 3.72. The first-order chi connectivity index (χ1) is 8.81. The van der Waals surface area contributed by atoms with Crippen molar-refractivity contribution in [3.8, 4) is 0 Å². The molecule has 94 valence electrons. The van der Waals surface area contributed by atoms with E-state index in [1.807, 2.05) is 18.2 Å². The largest absolute Gasteiger partial charge is 0.393 e. The van der Waals surface area contributed by atoms with Crippen molar-refractivity contribution in [1.29, 1.82) is 0 Å². The summed E-state index contributed by atoms with van der Waals surface area (Å²) in [6.45, 7) is 0. The van der Waals surface area contributed by atoms with Crippen molar-refractivity contribution in [2.75, 3.05) is 4.90 Å². The first-order valence-corrected chi connectivity index (χ1v) is 6.72. The Morgan fingerprint density at radius 3 is 2.61 bits per heavy atom. The molecule has 0 amide bonds. The van der Waals surface area contributed by atoms with Crippen LogP contribution in [0.2, 0.25) is 0 Å². The van der Waals surface area contributed by atoms with Crippen molar-refractivity contribution in [3.63, 3.8) is 0 Å². The number of nitrogens with zero attached hydrogens (tertiary/aromatic N) is 2. The van der Waals surface area contributed by atoms with Crippen molar-refractivity contribution < 1.29 is 5.11 Å². The molecule has 4 heteroatoms. The summed E-state index contributed by atoms with van der Waals surface area (Å²) in [6, 6.07) is 9.06. The minimum atomic E-state index is -0.122. The van der Waals surface area contributed by atoms with Crippen LogP contribution in [0.1, 0.15) is 25.7 Å². The molecule has 1 aromatic heterocycles. The van der Waals surface area contributed by atoms with Gasteiger partial charge in [-0.05, 0) is 37.8 Å². The Labute approximate surface area is 106 Å². The van der Waals surface area contributed by atoms with Gasteiger partial charge in [0, 0.05) is 12.1 Å². The van der Waals surface area contributed by atoms with Gasteiger partial charge in [0.05, 0.1) is 17.1 Å². The molecule has 2 unspecified atom stereocenters. The summed E-state index contributed by atoms with van der Waals surface area (Å²) in [5.41, 5.74) is 2.12. The van der Waals surface area contributed by atoms with Gasteiger partial charge in [-0.1, -0.05) is 12.1 Å². The number of piperidine rings is 1. The van der Waals surface area contributed by atoms with Gasteiger partial charge in [0.1, 0.15) is 0 Å². The van der Waals surface area contributed by atoms with Crippen LogP contribution in [-0.2, 0) is 0 Å². The highest BCUT2D eigenvalue weighted by Gasteiger charge is 2.41. The number of aromatic amines is 1. The number of para-hydroxylation sites is 2. The van der Waals surface area contributed by atoms with E-state index in [4.69, 9.17) is 4.98 Å². The average Bonchev–Trinajstić information content (AvgIpc) is 2.88. The second-order valence-electron chi connectivity index (χ2n) is 5.50. The number of anilines is 1. The molecule has 2 N–H and O–H groups in total. The highest BCUT2D eigenvalue weighted by molar-refractivity contribution is 5.77. The molecule has 2 aliphatic rings. The summed E-state index contributed by atoms with van der Waals surface area (Å²) in [5.74, 6) is 0.982. The van der Waals surface area contributed by atoms with E-state index in [9.17, 15) is 5.11 Å². The average molecular weight is 243 g/mol. The van der Waals surface area contributed by atoms with Gasteiger partial charge in [-0.25, -0.2) is 4.98 Å². The molecule has 2 saturated heterocycles. The zero-order valence-corrected chi connectivity index (χ0v) is 10.2. The summed E-state index contributed by atoms with van der Waals surface area (Å²) in [5, 5.41) is 9.84. The number of benzene rings is 1. The molecule has 0 spiro atoms. The predicted octanol–water partition coefficient (Wildman–Crippen LogP) is 2.05. The first-order valence-electron chi connectivity index (χ1n) is 6.72. The zero-order valence-electron chi connectivity index (χ0n) is 10.2. The van der Waals surface area contributed by atoms with Crippen molar-refractivity contribution >= 4 is 17.0 Å². The summed E-state index contributed by atoms with van der Waals surface area (Å²) in [7, 11) is 0. The molecule has 0 saturated carbocycles. The number of imidazole rings is 1. The van der Waals surface area contributed by atoms with Gasteiger partial charge in [-0.3, -0.25) is 0 Å². The number of hydrogen-bond acceptors (Lipinski definition) is 3. The molecule has 4 rings (SSSR count). The molecule has 1 aromatic carbocycles. The van der Waals surface area contributed by atoms with Crippen molar-refractivity contribution in [1.82, 2.24) is 9.97 Å². The lowest BCUT2D eigenvalue weighted by molar-refractivity contribution is 0.126. The zero-order chi connectivity index (χ0) is 12.1. The van der Waals surface area contributed by atoms with E-state index in [-0.39, 0.29) is 6.10 Å². The molecule has 0 radical (unpaired) electrons. The van der Waals surface area contributed by atoms with Crippen LogP contribution in [0.4, 0.5) is 5.95 Å². The quantitative estimate of drug-likeness (QED) is 0.806. The summed E-state index contributed by atoms with van der Waals surface area (Å²) < 4.78 is 0. The van der Waals surface area contributed by atoms with Crippen LogP contribution in [0, 0.1) is 0 Å². The van der Waals surface area contributed by atoms with Gasteiger partial charge in [0.25, 0.3) is 0 Å². The van der Waals surface area contributed by atoms with Crippen molar-refractivity contribution in [3.05, 3.63) is 24.3 Å². The van der Waals surface area contributed by atoms with Crippen LogP contribution in [0.25, 0.3) is 11.0 Å². The number of nitrogens with one attached hydrogen (secondary N) is 1. The van der Waals surface area contributed by atoms with Gasteiger partial charge in [-0.15, -0.1) is 0 Å². The smallest absolute Gasteiger partial charge is 0.204 e. The Balaban J connectivity index is 1.74. The van der Waals surface area contributed by atoms with Crippen LogP contribution in [0.3, 0.4) is 0 Å². The SMILES string of the molecule is OC1CC2CCC(C1)N2c1nc2ccccc2[nH]1. The number of rotatable bonds is 1. The van der Waals surface area contributed by atoms with Gasteiger partial charge < -0.3 is 15.0 Å². The molecule has 18 heavy (non-hydrogen) atoms. The first kappa shape index (κ1) is 10.4. The topological polar surface area (TPSA) is 52.1 Å². The fourth-order valence-electron chi connectivity index (χ4n) is 3.56. The maximum Gasteiger partial charge on any atom is 0.204 e. The van der Waals surface area contributed by atoms with Gasteiger partial charge in [0.2, 0.25) is 5.95 Å². The molecule has 2 atom stereocenters. The highest BCUT2D eigenvalue weighted by Crippen LogP contribution is 2.38. The number of hydrogen-bond donors (Lipinski definition) is 2. The number of aliphatic hydroxyl groups is 1. The van der Waals surface area contributed by atoms with E-state index < -0.39 is 0 Å². The standard InChI is InChI=1S/C14H17N3O/c18-11-7-9-5-6-10(8-11)17(9)14-15-12-3-1-2-4-13(12)16-14/h1-4,9-11,18H,5-8H2,(H,15,16). The lowest BCUT2D eigenvalue weighted by atomic mass is 10.0. The maximum absolute atomic E-state index is 9.84. The third kappa shape index (κ3) is 1.45. The minimum absolute atomic E-state index is 0.122. The molecule has 0 aliphatic carbocycles. The third-order valence-corrected chi connectivity index (χ3v) is 4.33. The molecular weight excluding hydrogens is 226 g/mol. The highest BCUT2D eigenvalue weighted by atomic mass is 16.3. The van der Waals surface area contributed by atoms with Crippen molar-refractivity contribution in [2.24, 2.45) is 0 Å². The number of aromatic nitrogens is 2. The Morgan fingerprint density at radius 2 is 1.89 bits per heavy atom. The fraction of sp³-hybridized carbons (Fsp3) is 0.500. The minimum Gasteiger partial charge on any atom is -0.393 e. The Bertz CT molecular complexity index is 532. The molecule has 2 aromatic rings. The predicted molar refractivity (Wildman–Crippen MR) is 70.6 cm³/mol. The van der Waals surface area contributed by atoms with E-state index in [0.717, 1.165) is 29.8 Å². The van der Waals surface area contributed by atoms with Crippen LogP contribution in [0.15, 0.2) is 24.3 Å². The van der Waals surface area contributed by atoms with Crippen LogP contribution < -0.4 is 4.90 Å². The summed E-state index contributed by atoms with van der Waals surface area (Å²) in [4.78, 5) is 10.5. The van der Waals surface area contributed by atoms with E-state index in [2.05, 4.69) is 16.0 Å². The number of aliphatic hydroxyl groups excluding tert-OH is 1. The van der Waals surface area contributed by atoms with E-state index >= 15 is 0 Å². The van der Waals surface area contributed by atoms with Crippen LogP contribution in [-0.4, -0.2) is 33.3 Å². The summed E-state index contributed by atoms with van der Waals surface area (Å²) >= 11 is 0. The third-order valence-electron chi connectivity index (χ3n) is 4.33. The van der Waals surface area contributed by atoms with E-state index in [1.54, 1.807) is 0 Å². The Hall–Kier alpha value is -1.55. The van der Waals surface area contributed by atoms with Crippen molar-refractivity contribution in [2.45, 2.75) is 43.9 Å². The molecule has 2 bridgehead atoms. The Morgan fingerprint density at radius 1 is 1.17 bits per heavy atom. The molecule has 3 heterocycles. The molecular formula is C14H17N3O. The lowest BCUT2D eigenvalue weighted by Gasteiger charge is -2.36. The monoisotopic (exact) mass is 243 g/mol. The molecule has 2 aliphatic heterocycles. The van der Waals surface area contributed by atoms with Gasteiger partial charge in [0.15, 0.2) is 0 Å². The maximum atomic E-state index is 9.84. The van der Waals surface area contributed by atoms with Gasteiger partial charge in [-0.2, -0.15) is 0 Å². The van der Waals surface area contributed by atoms with E-state index in [0.29, 0.717) is 12.1 Å². The molecule has 4 nitrogen and oxygen atoms in total. The number of H-pyrrole nitrogens is 1. The van der Waals surface area contributed by atoms with Gasteiger partial charge >= 0.3 is 0 Å². The fourth-order valence-corrected chi connectivity index (χ4v) is 3.56. The lowest BCUT2D eigenvalue weighted by Crippen LogP contribution is -2.45. The normalized spacial score (nSPS) is 31.2. The number of fused-ring (bicyclic) bond motifs is 3. The second-order valence-corrected chi connectivity index (χ2v) is 5.50. The molecule has 2 fully saturated rings. The summed E-state index contributed by atoms with van der Waals surface area (Å²) in [6.07, 6.45) is 4.00. The Kier molecular flexibility index (Phi) is 2.14. The van der Waals surface area contributed by atoms with Crippen LogP contribution >= 0.6 is 0 Å². The van der Waals surface area contributed by atoms with E-state index in [1.165, 1.54) is 12.8 Å². The van der Waals surface area contributed by atoms with Crippen LogP contribution in [0.5, 0.6) is 0 Å².